The molecule has 0 spiro atoms. The maximum absolute atomic E-state index is 11.8. The van der Waals surface area contributed by atoms with Crippen molar-refractivity contribution in [2.24, 2.45) is 0 Å². The molecule has 2 rings (SSSR count). The number of ketones is 2. The van der Waals surface area contributed by atoms with E-state index in [4.69, 9.17) is 11.6 Å². The van der Waals surface area contributed by atoms with Crippen molar-refractivity contribution in [1.29, 1.82) is 0 Å². The molecule has 19 heavy (non-hydrogen) atoms. The fourth-order valence-electron chi connectivity index (χ4n) is 2.18. The van der Waals surface area contributed by atoms with Gasteiger partial charge in [-0.3, -0.25) is 9.59 Å². The Morgan fingerprint density at radius 1 is 1.37 bits per heavy atom. The third-order valence-electron chi connectivity index (χ3n) is 3.02. The molecule has 0 N–H and O–H groups in total. The van der Waals surface area contributed by atoms with Crippen molar-refractivity contribution >= 4 is 34.9 Å². The summed E-state index contributed by atoms with van der Waals surface area (Å²) in [6.45, 7) is 1.56. The van der Waals surface area contributed by atoms with Crippen molar-refractivity contribution < 1.29 is 9.59 Å². The second kappa shape index (κ2) is 6.40. The Hall–Kier alpha value is -1.06. The van der Waals surface area contributed by atoms with Crippen molar-refractivity contribution in [2.45, 2.75) is 25.7 Å². The SMILES string of the molecule is CC(=O)CSC1=CC(=O)C[C@H](c2ccccc2Cl)C1. The molecule has 1 aromatic carbocycles. The van der Waals surface area contributed by atoms with Gasteiger partial charge in [-0.05, 0) is 41.9 Å². The Kier molecular flexibility index (Phi) is 4.83. The normalized spacial score (nSPS) is 19.2. The topological polar surface area (TPSA) is 34.1 Å². The zero-order chi connectivity index (χ0) is 13.8. The first-order chi connectivity index (χ1) is 9.06. The molecular formula is C15H15ClO2S. The molecule has 0 saturated heterocycles. The summed E-state index contributed by atoms with van der Waals surface area (Å²) < 4.78 is 0. The Morgan fingerprint density at radius 2 is 2.11 bits per heavy atom. The molecule has 1 aliphatic rings. The van der Waals surface area contributed by atoms with Crippen LogP contribution in [0.3, 0.4) is 0 Å². The van der Waals surface area contributed by atoms with Gasteiger partial charge in [0.25, 0.3) is 0 Å². The second-order valence-corrected chi connectivity index (χ2v) is 6.20. The largest absolute Gasteiger partial charge is 0.299 e. The first-order valence-electron chi connectivity index (χ1n) is 6.16. The Bertz CT molecular complexity index is 537. The van der Waals surface area contributed by atoms with E-state index >= 15 is 0 Å². The van der Waals surface area contributed by atoms with Crippen LogP contribution in [0.1, 0.15) is 31.2 Å². The van der Waals surface area contributed by atoms with Crippen LogP contribution >= 0.6 is 23.4 Å². The van der Waals surface area contributed by atoms with Crippen LogP contribution in [0, 0.1) is 0 Å². The van der Waals surface area contributed by atoms with Crippen molar-refractivity contribution in [2.75, 3.05) is 5.75 Å². The highest BCUT2D eigenvalue weighted by Gasteiger charge is 2.24. The minimum atomic E-state index is 0.113. The maximum atomic E-state index is 11.8. The zero-order valence-electron chi connectivity index (χ0n) is 10.7. The predicted octanol–water partition coefficient (Wildman–Crippen LogP) is 3.99. The summed E-state index contributed by atoms with van der Waals surface area (Å²) in [5.74, 6) is 0.787. The number of Topliss-reactive ketones (excluding diaryl/α,β-unsaturated/α-hetero) is 1. The number of allylic oxidation sites excluding steroid dienone is 2. The van der Waals surface area contributed by atoms with Gasteiger partial charge in [0, 0.05) is 11.4 Å². The van der Waals surface area contributed by atoms with E-state index in [1.54, 1.807) is 13.0 Å². The third-order valence-corrected chi connectivity index (χ3v) is 4.57. The minimum absolute atomic E-state index is 0.113. The highest BCUT2D eigenvalue weighted by atomic mass is 35.5. The van der Waals surface area contributed by atoms with Crippen LogP contribution in [0.2, 0.25) is 5.02 Å². The third kappa shape index (κ3) is 3.95. The second-order valence-electron chi connectivity index (χ2n) is 4.69. The van der Waals surface area contributed by atoms with E-state index in [1.165, 1.54) is 11.8 Å². The average Bonchev–Trinajstić information content (AvgIpc) is 2.36. The summed E-state index contributed by atoms with van der Waals surface area (Å²) in [5.41, 5.74) is 1.02. The summed E-state index contributed by atoms with van der Waals surface area (Å²) in [6.07, 6.45) is 2.95. The standard InChI is InChI=1S/C15H15ClO2S/c1-10(17)9-19-13-7-11(6-12(18)8-13)14-4-2-3-5-15(14)16/h2-5,8,11H,6-7,9H2,1H3/t11-/m0/s1. The molecule has 1 aliphatic carbocycles. The number of hydrogen-bond donors (Lipinski definition) is 0. The monoisotopic (exact) mass is 294 g/mol. The van der Waals surface area contributed by atoms with Crippen LogP contribution in [-0.4, -0.2) is 17.3 Å². The van der Waals surface area contributed by atoms with Crippen molar-refractivity contribution in [3.05, 3.63) is 45.8 Å². The van der Waals surface area contributed by atoms with Gasteiger partial charge in [0.05, 0.1) is 5.75 Å². The van der Waals surface area contributed by atoms with Gasteiger partial charge in [-0.1, -0.05) is 29.8 Å². The van der Waals surface area contributed by atoms with Gasteiger partial charge in [0.1, 0.15) is 5.78 Å². The van der Waals surface area contributed by atoms with Gasteiger partial charge in [0.15, 0.2) is 5.78 Å². The Balaban J connectivity index is 2.14. The van der Waals surface area contributed by atoms with E-state index in [2.05, 4.69) is 0 Å². The van der Waals surface area contributed by atoms with Crippen LogP contribution in [0.4, 0.5) is 0 Å². The first kappa shape index (κ1) is 14.4. The summed E-state index contributed by atoms with van der Waals surface area (Å²) in [6, 6.07) is 7.64. The lowest BCUT2D eigenvalue weighted by Crippen LogP contribution is -2.12. The van der Waals surface area contributed by atoms with Gasteiger partial charge in [0.2, 0.25) is 0 Å². The highest BCUT2D eigenvalue weighted by Crippen LogP contribution is 2.38. The molecule has 0 heterocycles. The number of benzene rings is 1. The molecule has 100 valence electrons. The number of carbonyl (C=O) groups is 2. The molecule has 0 amide bonds. The molecule has 4 heteroatoms. The molecule has 0 aromatic heterocycles. The molecule has 0 aliphatic heterocycles. The van der Waals surface area contributed by atoms with E-state index < -0.39 is 0 Å². The fraction of sp³-hybridized carbons (Fsp3) is 0.333. The smallest absolute Gasteiger partial charge is 0.157 e. The molecule has 0 fully saturated rings. The fourth-order valence-corrected chi connectivity index (χ4v) is 3.39. The number of rotatable bonds is 4. The summed E-state index contributed by atoms with van der Waals surface area (Å²) in [5, 5.41) is 0.707. The number of hydrogen-bond acceptors (Lipinski definition) is 3. The quantitative estimate of drug-likeness (QED) is 0.842. The molecule has 1 aromatic rings. The van der Waals surface area contributed by atoms with Crippen LogP contribution in [0.25, 0.3) is 0 Å². The first-order valence-corrected chi connectivity index (χ1v) is 7.52. The van der Waals surface area contributed by atoms with E-state index in [0.717, 1.165) is 16.9 Å². The highest BCUT2D eigenvalue weighted by molar-refractivity contribution is 8.03. The molecule has 0 radical (unpaired) electrons. The number of carbonyl (C=O) groups excluding carboxylic acids is 2. The molecule has 2 nitrogen and oxygen atoms in total. The number of thioether (sulfide) groups is 1. The van der Waals surface area contributed by atoms with E-state index in [1.807, 2.05) is 24.3 Å². The van der Waals surface area contributed by atoms with E-state index in [9.17, 15) is 9.59 Å². The lowest BCUT2D eigenvalue weighted by Gasteiger charge is -2.22. The van der Waals surface area contributed by atoms with Crippen LogP contribution in [0.15, 0.2) is 35.2 Å². The van der Waals surface area contributed by atoms with E-state index in [-0.39, 0.29) is 17.5 Å². The summed E-state index contributed by atoms with van der Waals surface area (Å²) in [4.78, 5) is 23.8. The maximum Gasteiger partial charge on any atom is 0.157 e. The number of halogens is 1. The van der Waals surface area contributed by atoms with Gasteiger partial charge in [-0.2, -0.15) is 0 Å². The van der Waals surface area contributed by atoms with Gasteiger partial charge < -0.3 is 0 Å². The predicted molar refractivity (Wildman–Crippen MR) is 79.7 cm³/mol. The molecule has 0 unspecified atom stereocenters. The van der Waals surface area contributed by atoms with Gasteiger partial charge >= 0.3 is 0 Å². The van der Waals surface area contributed by atoms with Crippen molar-refractivity contribution in [3.63, 3.8) is 0 Å². The summed E-state index contributed by atoms with van der Waals surface area (Å²) in [7, 11) is 0. The molecular weight excluding hydrogens is 280 g/mol. The zero-order valence-corrected chi connectivity index (χ0v) is 12.3. The average molecular weight is 295 g/mol. The molecule has 0 bridgehead atoms. The summed E-state index contributed by atoms with van der Waals surface area (Å²) >= 11 is 7.65. The Labute approximate surface area is 122 Å². The van der Waals surface area contributed by atoms with Crippen LogP contribution < -0.4 is 0 Å². The molecule has 1 atom stereocenters. The lowest BCUT2D eigenvalue weighted by molar-refractivity contribution is -0.116. The van der Waals surface area contributed by atoms with Crippen molar-refractivity contribution in [1.82, 2.24) is 0 Å². The van der Waals surface area contributed by atoms with Crippen molar-refractivity contribution in [3.8, 4) is 0 Å². The minimum Gasteiger partial charge on any atom is -0.299 e. The van der Waals surface area contributed by atoms with Crippen LogP contribution in [-0.2, 0) is 9.59 Å². The van der Waals surface area contributed by atoms with Gasteiger partial charge in [-0.15, -0.1) is 11.8 Å². The molecule has 0 saturated carbocycles. The Morgan fingerprint density at radius 3 is 2.79 bits per heavy atom. The lowest BCUT2D eigenvalue weighted by atomic mass is 9.87. The van der Waals surface area contributed by atoms with Crippen LogP contribution in [0.5, 0.6) is 0 Å². The van der Waals surface area contributed by atoms with Gasteiger partial charge in [-0.25, -0.2) is 0 Å². The van der Waals surface area contributed by atoms with E-state index in [0.29, 0.717) is 17.2 Å².